The molecule has 3 aromatic rings. The average molecular weight is 396 g/mol. The predicted molar refractivity (Wildman–Crippen MR) is 115 cm³/mol. The van der Waals surface area contributed by atoms with Gasteiger partial charge >= 0.3 is 0 Å². The van der Waals surface area contributed by atoms with Crippen LogP contribution >= 0.6 is 0 Å². The molecular formula is C26H24N2O2. The number of hydrogen-bond donors (Lipinski definition) is 2. The van der Waals surface area contributed by atoms with Gasteiger partial charge in [-0.3, -0.25) is 20.4 Å². The van der Waals surface area contributed by atoms with E-state index in [0.717, 1.165) is 24.0 Å². The number of carbonyl (C=O) groups excluding carboxylic acids is 2. The van der Waals surface area contributed by atoms with E-state index in [-0.39, 0.29) is 35.0 Å². The minimum Gasteiger partial charge on any atom is -0.273 e. The second kappa shape index (κ2) is 7.45. The molecule has 4 nitrogen and oxygen atoms in total. The fourth-order valence-electron chi connectivity index (χ4n) is 4.71. The molecule has 2 amide bonds. The fourth-order valence-corrected chi connectivity index (χ4v) is 4.71. The second-order valence-electron chi connectivity index (χ2n) is 8.30. The van der Waals surface area contributed by atoms with E-state index in [2.05, 4.69) is 47.2 Å². The molecule has 2 saturated carbocycles. The van der Waals surface area contributed by atoms with E-state index in [1.54, 1.807) is 0 Å². The molecule has 150 valence electrons. The highest BCUT2D eigenvalue weighted by atomic mass is 16.2. The molecule has 2 N–H and O–H groups in total. The number of rotatable bonds is 5. The van der Waals surface area contributed by atoms with Crippen molar-refractivity contribution in [2.24, 2.45) is 11.8 Å². The van der Waals surface area contributed by atoms with Gasteiger partial charge in [-0.05, 0) is 35.4 Å². The molecule has 0 heterocycles. The first-order valence-corrected chi connectivity index (χ1v) is 10.5. The second-order valence-corrected chi connectivity index (χ2v) is 8.30. The summed E-state index contributed by atoms with van der Waals surface area (Å²) < 4.78 is 0. The van der Waals surface area contributed by atoms with Gasteiger partial charge in [0.2, 0.25) is 11.8 Å². The van der Waals surface area contributed by atoms with E-state index < -0.39 is 0 Å². The number of hydrazine groups is 1. The Balaban J connectivity index is 1.25. The van der Waals surface area contributed by atoms with Gasteiger partial charge in [-0.1, -0.05) is 91.0 Å². The number of nitrogens with one attached hydrogen (secondary N) is 2. The normalized spacial score (nSPS) is 23.3. The van der Waals surface area contributed by atoms with Crippen LogP contribution in [0.25, 0.3) is 0 Å². The molecule has 3 atom stereocenters. The number of amides is 2. The summed E-state index contributed by atoms with van der Waals surface area (Å²) in [4.78, 5) is 25.5. The third-order valence-electron chi connectivity index (χ3n) is 6.52. The van der Waals surface area contributed by atoms with Gasteiger partial charge in [-0.15, -0.1) is 0 Å². The largest absolute Gasteiger partial charge is 0.273 e. The first kappa shape index (κ1) is 18.6. The third kappa shape index (κ3) is 3.28. The molecule has 30 heavy (non-hydrogen) atoms. The van der Waals surface area contributed by atoms with Crippen molar-refractivity contribution in [3.05, 3.63) is 108 Å². The summed E-state index contributed by atoms with van der Waals surface area (Å²) in [6.45, 7) is 0. The first-order chi connectivity index (χ1) is 14.7. The quantitative estimate of drug-likeness (QED) is 0.642. The Morgan fingerprint density at radius 2 is 1.20 bits per heavy atom. The summed E-state index contributed by atoms with van der Waals surface area (Å²) in [5, 5.41) is 0. The van der Waals surface area contributed by atoms with Crippen molar-refractivity contribution >= 4 is 11.8 Å². The minimum absolute atomic E-state index is 0.0695. The SMILES string of the molecule is O=C(NNC(=O)C1CC1(c1ccccc1)c1ccccc1)C1CC1c1ccccc1. The van der Waals surface area contributed by atoms with Crippen molar-refractivity contribution in [1.82, 2.24) is 10.9 Å². The van der Waals surface area contributed by atoms with Crippen LogP contribution < -0.4 is 10.9 Å². The standard InChI is InChI=1S/C26H24N2O2/c29-24(22-16-21(22)18-10-4-1-5-11-18)27-28-25(30)23-17-26(23,19-12-6-2-7-13-19)20-14-8-3-9-15-20/h1-15,21-23H,16-17H2,(H,27,29)(H,28,30). The Labute approximate surface area is 176 Å². The van der Waals surface area contributed by atoms with Gasteiger partial charge in [0.15, 0.2) is 0 Å². The maximum atomic E-state index is 12.9. The zero-order chi connectivity index (χ0) is 20.6. The lowest BCUT2D eigenvalue weighted by atomic mass is 9.85. The zero-order valence-corrected chi connectivity index (χ0v) is 16.6. The van der Waals surface area contributed by atoms with E-state index >= 15 is 0 Å². The molecular weight excluding hydrogens is 372 g/mol. The number of carbonyl (C=O) groups is 2. The van der Waals surface area contributed by atoms with Gasteiger partial charge in [-0.25, -0.2) is 0 Å². The summed E-state index contributed by atoms with van der Waals surface area (Å²) in [7, 11) is 0. The Hall–Kier alpha value is -3.40. The van der Waals surface area contributed by atoms with Crippen LogP contribution in [0.1, 0.15) is 35.4 Å². The first-order valence-electron chi connectivity index (χ1n) is 10.5. The van der Waals surface area contributed by atoms with Gasteiger partial charge in [0.05, 0.1) is 5.92 Å². The van der Waals surface area contributed by atoms with E-state index in [1.807, 2.05) is 54.6 Å². The lowest BCUT2D eigenvalue weighted by Crippen LogP contribution is -2.44. The lowest BCUT2D eigenvalue weighted by molar-refractivity contribution is -0.130. The molecule has 4 heteroatoms. The van der Waals surface area contributed by atoms with E-state index in [0.29, 0.717) is 0 Å². The highest BCUT2D eigenvalue weighted by Crippen LogP contribution is 2.58. The van der Waals surface area contributed by atoms with Crippen LogP contribution in [0.15, 0.2) is 91.0 Å². The summed E-state index contributed by atoms with van der Waals surface area (Å²) in [5.74, 6) is -0.265. The topological polar surface area (TPSA) is 58.2 Å². The van der Waals surface area contributed by atoms with Crippen LogP contribution in [0.3, 0.4) is 0 Å². The Morgan fingerprint density at radius 3 is 1.77 bits per heavy atom. The Bertz CT molecular complexity index is 1010. The van der Waals surface area contributed by atoms with Crippen LogP contribution in [-0.2, 0) is 15.0 Å². The van der Waals surface area contributed by atoms with Crippen molar-refractivity contribution in [3.8, 4) is 0 Å². The van der Waals surface area contributed by atoms with Gasteiger partial charge in [0, 0.05) is 11.3 Å². The summed E-state index contributed by atoms with van der Waals surface area (Å²) in [6.07, 6.45) is 1.56. The number of benzene rings is 3. The molecule has 2 aliphatic carbocycles. The van der Waals surface area contributed by atoms with E-state index in [1.165, 1.54) is 5.56 Å². The molecule has 3 unspecified atom stereocenters. The number of hydrogen-bond acceptors (Lipinski definition) is 2. The maximum absolute atomic E-state index is 12.9. The molecule has 2 fully saturated rings. The highest BCUT2D eigenvalue weighted by Gasteiger charge is 2.60. The van der Waals surface area contributed by atoms with Crippen LogP contribution in [0, 0.1) is 11.8 Å². The third-order valence-corrected chi connectivity index (χ3v) is 6.52. The monoisotopic (exact) mass is 396 g/mol. The molecule has 2 aliphatic rings. The van der Waals surface area contributed by atoms with Gasteiger partial charge < -0.3 is 0 Å². The Morgan fingerprint density at radius 1 is 0.700 bits per heavy atom. The molecule has 5 rings (SSSR count). The molecule has 0 aromatic heterocycles. The fraction of sp³-hybridized carbons (Fsp3) is 0.231. The maximum Gasteiger partial charge on any atom is 0.242 e. The van der Waals surface area contributed by atoms with E-state index in [9.17, 15) is 9.59 Å². The van der Waals surface area contributed by atoms with Gasteiger partial charge in [0.25, 0.3) is 0 Å². The molecule has 0 spiro atoms. The van der Waals surface area contributed by atoms with Gasteiger partial charge in [-0.2, -0.15) is 0 Å². The van der Waals surface area contributed by atoms with Crippen molar-refractivity contribution in [2.75, 3.05) is 0 Å². The van der Waals surface area contributed by atoms with Crippen LogP contribution in [0.4, 0.5) is 0 Å². The highest BCUT2D eigenvalue weighted by molar-refractivity contribution is 5.89. The lowest BCUT2D eigenvalue weighted by Gasteiger charge is -2.19. The Kier molecular flexibility index (Phi) is 4.62. The zero-order valence-electron chi connectivity index (χ0n) is 16.6. The van der Waals surface area contributed by atoms with Crippen molar-refractivity contribution in [2.45, 2.75) is 24.2 Å². The summed E-state index contributed by atoms with van der Waals surface area (Å²) in [5.41, 5.74) is 8.48. The predicted octanol–water partition coefficient (Wildman–Crippen LogP) is 3.94. The van der Waals surface area contributed by atoms with E-state index in [4.69, 9.17) is 0 Å². The van der Waals surface area contributed by atoms with Crippen molar-refractivity contribution in [3.63, 3.8) is 0 Å². The summed E-state index contributed by atoms with van der Waals surface area (Å²) in [6, 6.07) is 30.4. The summed E-state index contributed by atoms with van der Waals surface area (Å²) >= 11 is 0. The molecule has 0 radical (unpaired) electrons. The van der Waals surface area contributed by atoms with Crippen molar-refractivity contribution in [1.29, 1.82) is 0 Å². The molecule has 0 aliphatic heterocycles. The van der Waals surface area contributed by atoms with Crippen LogP contribution in [0.5, 0.6) is 0 Å². The molecule has 3 aromatic carbocycles. The van der Waals surface area contributed by atoms with Crippen LogP contribution in [-0.4, -0.2) is 11.8 Å². The van der Waals surface area contributed by atoms with Crippen molar-refractivity contribution < 1.29 is 9.59 Å². The smallest absolute Gasteiger partial charge is 0.242 e. The average Bonchev–Trinajstić information content (AvgIpc) is 3.73. The minimum atomic E-state index is -0.330. The van der Waals surface area contributed by atoms with Crippen LogP contribution in [0.2, 0.25) is 0 Å². The molecule has 0 saturated heterocycles. The molecule has 0 bridgehead atoms. The van der Waals surface area contributed by atoms with Gasteiger partial charge in [0.1, 0.15) is 0 Å².